The highest BCUT2D eigenvalue weighted by Crippen LogP contribution is 2.45. The predicted octanol–water partition coefficient (Wildman–Crippen LogP) is 3.59. The number of carbonyl (C=O) groups excluding carboxylic acids is 1. The minimum atomic E-state index is -1.03. The van der Waals surface area contributed by atoms with E-state index in [1.54, 1.807) is 12.1 Å². The van der Waals surface area contributed by atoms with E-state index in [1.807, 2.05) is 66.0 Å². The second-order valence-corrected chi connectivity index (χ2v) is 8.47. The molecule has 0 radical (unpaired) electrons. The zero-order valence-electron chi connectivity index (χ0n) is 13.6. The lowest BCUT2D eigenvalue weighted by Crippen LogP contribution is -2.42. The van der Waals surface area contributed by atoms with Crippen LogP contribution in [0.5, 0.6) is 0 Å². The fourth-order valence-corrected chi connectivity index (χ4v) is 5.49. The molecule has 6 heteroatoms. The third-order valence-corrected chi connectivity index (χ3v) is 7.06. The van der Waals surface area contributed by atoms with Gasteiger partial charge in [0.05, 0.1) is 4.58 Å². The van der Waals surface area contributed by atoms with Crippen LogP contribution in [0.2, 0.25) is 0 Å². The van der Waals surface area contributed by atoms with Crippen molar-refractivity contribution in [3.63, 3.8) is 0 Å². The summed E-state index contributed by atoms with van der Waals surface area (Å²) in [5.74, 6) is 0.906. The molecule has 0 aliphatic carbocycles. The topological polar surface area (TPSA) is 66.4 Å². The van der Waals surface area contributed by atoms with E-state index in [0.717, 1.165) is 17.1 Å². The Balaban J connectivity index is 1.65. The van der Waals surface area contributed by atoms with Gasteiger partial charge in [-0.25, -0.2) is 4.79 Å². The molecule has 1 atom stereocenters. The monoisotopic (exact) mass is 373 g/mol. The number of carboxylic acids is 1. The lowest BCUT2D eigenvalue weighted by Gasteiger charge is -2.15. The first kappa shape index (κ1) is 17.9. The Kier molecular flexibility index (Phi) is 6.04. The maximum absolute atomic E-state index is 12.4. The Morgan fingerprint density at radius 1 is 1.04 bits per heavy atom. The average Bonchev–Trinajstić information content (AvgIpc) is 3.16. The summed E-state index contributed by atoms with van der Waals surface area (Å²) in [5.41, 5.74) is 2.56. The molecule has 0 spiro atoms. The highest BCUT2D eigenvalue weighted by Gasteiger charge is 2.22. The molecule has 1 heterocycles. The van der Waals surface area contributed by atoms with Gasteiger partial charge in [0.1, 0.15) is 6.04 Å². The minimum Gasteiger partial charge on any atom is -0.480 e. The third kappa shape index (κ3) is 4.80. The summed E-state index contributed by atoms with van der Waals surface area (Å²) >= 11 is 3.82. The van der Waals surface area contributed by atoms with Crippen LogP contribution in [0.1, 0.15) is 26.1 Å². The highest BCUT2D eigenvalue weighted by molar-refractivity contribution is 8.19. The van der Waals surface area contributed by atoms with Crippen LogP contribution in [0.4, 0.5) is 0 Å². The van der Waals surface area contributed by atoms with Crippen LogP contribution in [0.15, 0.2) is 54.6 Å². The molecule has 1 amide bonds. The second kappa shape index (κ2) is 8.45. The summed E-state index contributed by atoms with van der Waals surface area (Å²) in [4.78, 5) is 23.9. The summed E-state index contributed by atoms with van der Waals surface area (Å²) < 4.78 is 0.432. The molecule has 25 heavy (non-hydrogen) atoms. The molecular weight excluding hydrogens is 354 g/mol. The average molecular weight is 373 g/mol. The standard InChI is InChI=1S/C19H19NO3S2/c21-17(14-6-8-15(9-7-14)19-24-10-11-25-19)20-16(18(22)23)12-13-4-2-1-3-5-13/h1-9,16,19H,10-12H2,(H,20,21)(H,22,23). The number of hydrogen-bond acceptors (Lipinski definition) is 4. The first-order chi connectivity index (χ1) is 12.1. The van der Waals surface area contributed by atoms with Gasteiger partial charge in [-0.1, -0.05) is 42.5 Å². The van der Waals surface area contributed by atoms with Crippen molar-refractivity contribution in [3.05, 3.63) is 71.3 Å². The molecule has 0 aromatic heterocycles. The van der Waals surface area contributed by atoms with E-state index >= 15 is 0 Å². The molecule has 0 bridgehead atoms. The number of rotatable bonds is 6. The molecule has 2 N–H and O–H groups in total. The SMILES string of the molecule is O=C(NC(Cc1ccccc1)C(=O)O)c1ccc(C2SCCS2)cc1. The molecular formula is C19H19NO3S2. The van der Waals surface area contributed by atoms with Crippen molar-refractivity contribution in [1.29, 1.82) is 0 Å². The van der Waals surface area contributed by atoms with Gasteiger partial charge in [-0.3, -0.25) is 4.79 Å². The Labute approximate surface area is 155 Å². The van der Waals surface area contributed by atoms with Crippen LogP contribution < -0.4 is 5.32 Å². The van der Waals surface area contributed by atoms with Gasteiger partial charge in [0.15, 0.2) is 0 Å². The zero-order valence-corrected chi connectivity index (χ0v) is 15.2. The summed E-state index contributed by atoms with van der Waals surface area (Å²) in [5, 5.41) is 12.0. The molecule has 1 unspecified atom stereocenters. The van der Waals surface area contributed by atoms with E-state index in [4.69, 9.17) is 0 Å². The number of benzene rings is 2. The molecule has 3 rings (SSSR count). The lowest BCUT2D eigenvalue weighted by molar-refractivity contribution is -0.139. The van der Waals surface area contributed by atoms with Gasteiger partial charge in [-0.05, 0) is 23.3 Å². The van der Waals surface area contributed by atoms with Gasteiger partial charge < -0.3 is 10.4 Å². The van der Waals surface area contributed by atoms with Gasteiger partial charge in [-0.15, -0.1) is 23.5 Å². The van der Waals surface area contributed by atoms with Crippen molar-refractivity contribution in [1.82, 2.24) is 5.32 Å². The number of hydrogen-bond donors (Lipinski definition) is 2. The van der Waals surface area contributed by atoms with Crippen molar-refractivity contribution in [3.8, 4) is 0 Å². The number of amides is 1. The van der Waals surface area contributed by atoms with Crippen LogP contribution in [-0.2, 0) is 11.2 Å². The fourth-order valence-electron chi connectivity index (χ4n) is 2.63. The third-order valence-electron chi connectivity index (χ3n) is 3.95. The van der Waals surface area contributed by atoms with E-state index in [-0.39, 0.29) is 12.3 Å². The van der Waals surface area contributed by atoms with Gasteiger partial charge in [-0.2, -0.15) is 0 Å². The predicted molar refractivity (Wildman–Crippen MR) is 103 cm³/mol. The maximum Gasteiger partial charge on any atom is 0.326 e. The molecule has 2 aromatic carbocycles. The van der Waals surface area contributed by atoms with Crippen molar-refractivity contribution < 1.29 is 14.7 Å². The number of aliphatic carboxylic acids is 1. The summed E-state index contributed by atoms with van der Waals surface area (Å²) in [6.07, 6.45) is 0.259. The second-order valence-electron chi connectivity index (χ2n) is 5.75. The Morgan fingerprint density at radius 2 is 1.68 bits per heavy atom. The minimum absolute atomic E-state index is 0.259. The lowest BCUT2D eigenvalue weighted by atomic mass is 10.1. The van der Waals surface area contributed by atoms with Crippen LogP contribution in [0.25, 0.3) is 0 Å². The Morgan fingerprint density at radius 3 is 2.28 bits per heavy atom. The molecule has 1 aliphatic heterocycles. The van der Waals surface area contributed by atoms with Crippen LogP contribution in [0.3, 0.4) is 0 Å². The number of thioether (sulfide) groups is 2. The Hall–Kier alpha value is -1.92. The molecule has 0 saturated carbocycles. The first-order valence-corrected chi connectivity index (χ1v) is 10.1. The largest absolute Gasteiger partial charge is 0.480 e. The van der Waals surface area contributed by atoms with Crippen molar-refractivity contribution in [2.24, 2.45) is 0 Å². The molecule has 1 saturated heterocycles. The van der Waals surface area contributed by atoms with Crippen LogP contribution in [-0.4, -0.2) is 34.5 Å². The molecule has 1 aliphatic rings. The van der Waals surface area contributed by atoms with E-state index in [1.165, 1.54) is 5.56 Å². The number of nitrogens with one attached hydrogen (secondary N) is 1. The van der Waals surface area contributed by atoms with Crippen molar-refractivity contribution in [2.75, 3.05) is 11.5 Å². The van der Waals surface area contributed by atoms with Crippen molar-refractivity contribution >= 4 is 35.4 Å². The smallest absolute Gasteiger partial charge is 0.326 e. The normalized spacial score (nSPS) is 15.7. The maximum atomic E-state index is 12.4. The van der Waals surface area contributed by atoms with Gasteiger partial charge in [0.25, 0.3) is 5.91 Å². The molecule has 2 aromatic rings. The number of carboxylic acid groups (broad SMARTS) is 1. The van der Waals surface area contributed by atoms with Crippen LogP contribution >= 0.6 is 23.5 Å². The summed E-state index contributed by atoms with van der Waals surface area (Å²) in [7, 11) is 0. The summed E-state index contributed by atoms with van der Waals surface area (Å²) in [6.45, 7) is 0. The van der Waals surface area contributed by atoms with E-state index < -0.39 is 12.0 Å². The quantitative estimate of drug-likeness (QED) is 0.810. The van der Waals surface area contributed by atoms with Crippen molar-refractivity contribution in [2.45, 2.75) is 17.0 Å². The van der Waals surface area contributed by atoms with E-state index in [2.05, 4.69) is 5.32 Å². The molecule has 130 valence electrons. The summed E-state index contributed by atoms with van der Waals surface area (Å²) in [6, 6.07) is 15.8. The van der Waals surface area contributed by atoms with E-state index in [0.29, 0.717) is 10.1 Å². The first-order valence-electron chi connectivity index (χ1n) is 8.04. The van der Waals surface area contributed by atoms with Gasteiger partial charge in [0, 0.05) is 23.5 Å². The highest BCUT2D eigenvalue weighted by atomic mass is 32.2. The fraction of sp³-hybridized carbons (Fsp3) is 0.263. The van der Waals surface area contributed by atoms with Gasteiger partial charge in [0.2, 0.25) is 0 Å². The number of carbonyl (C=O) groups is 2. The zero-order chi connectivity index (χ0) is 17.6. The van der Waals surface area contributed by atoms with Gasteiger partial charge >= 0.3 is 5.97 Å². The van der Waals surface area contributed by atoms with E-state index in [9.17, 15) is 14.7 Å². The Bertz CT molecular complexity index is 728. The molecule has 4 nitrogen and oxygen atoms in total. The van der Waals surface area contributed by atoms with Crippen LogP contribution in [0, 0.1) is 0 Å². The molecule has 1 fully saturated rings.